The summed E-state index contributed by atoms with van der Waals surface area (Å²) in [6.45, 7) is 5.17. The number of rotatable bonds is 5. The summed E-state index contributed by atoms with van der Waals surface area (Å²) in [6, 6.07) is 7.64. The van der Waals surface area contributed by atoms with Gasteiger partial charge in [-0.25, -0.2) is 4.98 Å². The third-order valence-electron chi connectivity index (χ3n) is 3.38. The molecule has 0 amide bonds. The molecule has 0 aliphatic rings. The average Bonchev–Trinajstić information content (AvgIpc) is 2.44. The minimum Gasteiger partial charge on any atom is -0.307 e. The average molecular weight is 259 g/mol. The highest BCUT2D eigenvalue weighted by Crippen LogP contribution is 2.15. The van der Waals surface area contributed by atoms with Crippen LogP contribution in [0.5, 0.6) is 0 Å². The van der Waals surface area contributed by atoms with Crippen LogP contribution in [0.25, 0.3) is 10.9 Å². The van der Waals surface area contributed by atoms with E-state index in [0.717, 1.165) is 30.7 Å². The van der Waals surface area contributed by atoms with Gasteiger partial charge in [-0.05, 0) is 31.5 Å². The topological polar surface area (TPSA) is 46.9 Å². The van der Waals surface area contributed by atoms with Crippen molar-refractivity contribution in [1.82, 2.24) is 14.9 Å². The van der Waals surface area contributed by atoms with Gasteiger partial charge < -0.3 is 5.32 Å². The maximum Gasteiger partial charge on any atom is 0.261 e. The second kappa shape index (κ2) is 5.97. The fourth-order valence-electron chi connectivity index (χ4n) is 2.28. The van der Waals surface area contributed by atoms with E-state index in [9.17, 15) is 4.79 Å². The van der Waals surface area contributed by atoms with Crippen molar-refractivity contribution in [1.29, 1.82) is 0 Å². The van der Waals surface area contributed by atoms with Crippen LogP contribution in [0, 0.1) is 0 Å². The fourth-order valence-corrected chi connectivity index (χ4v) is 2.28. The van der Waals surface area contributed by atoms with Crippen LogP contribution in [-0.4, -0.2) is 16.1 Å². The van der Waals surface area contributed by atoms with Crippen LogP contribution in [-0.2, 0) is 7.05 Å². The molecule has 0 fully saturated rings. The van der Waals surface area contributed by atoms with Gasteiger partial charge in [0.25, 0.3) is 5.56 Å². The molecule has 0 saturated heterocycles. The second-order valence-electron chi connectivity index (χ2n) is 4.77. The third-order valence-corrected chi connectivity index (χ3v) is 3.38. The quantitative estimate of drug-likeness (QED) is 0.896. The number of nitrogens with one attached hydrogen (secondary N) is 1. The first kappa shape index (κ1) is 13.7. The van der Waals surface area contributed by atoms with Gasteiger partial charge in [0.1, 0.15) is 5.82 Å². The Morgan fingerprint density at radius 1 is 1.32 bits per heavy atom. The highest BCUT2D eigenvalue weighted by atomic mass is 16.1. The Kier molecular flexibility index (Phi) is 4.32. The molecule has 4 heteroatoms. The maximum atomic E-state index is 12.3. The summed E-state index contributed by atoms with van der Waals surface area (Å²) in [6.07, 6.45) is 1.98. The molecule has 102 valence electrons. The molecule has 0 aliphatic heterocycles. The predicted octanol–water partition coefficient (Wildman–Crippen LogP) is 2.38. The molecule has 1 atom stereocenters. The van der Waals surface area contributed by atoms with Crippen molar-refractivity contribution in [2.75, 3.05) is 6.54 Å². The minimum atomic E-state index is 0.0253. The summed E-state index contributed by atoms with van der Waals surface area (Å²) in [7, 11) is 1.80. The predicted molar refractivity (Wildman–Crippen MR) is 78.3 cm³/mol. The lowest BCUT2D eigenvalue weighted by molar-refractivity contribution is 0.474. The summed E-state index contributed by atoms with van der Waals surface area (Å²) in [5.41, 5.74) is 0.801. The van der Waals surface area contributed by atoms with Gasteiger partial charge in [-0.2, -0.15) is 0 Å². The third kappa shape index (κ3) is 2.68. The first-order valence-corrected chi connectivity index (χ1v) is 6.88. The zero-order chi connectivity index (χ0) is 13.8. The van der Waals surface area contributed by atoms with Crippen molar-refractivity contribution in [2.24, 2.45) is 7.05 Å². The van der Waals surface area contributed by atoms with E-state index in [2.05, 4.69) is 24.1 Å². The number of nitrogens with zero attached hydrogens (tertiary/aromatic N) is 2. The van der Waals surface area contributed by atoms with E-state index in [1.165, 1.54) is 0 Å². The van der Waals surface area contributed by atoms with Crippen molar-refractivity contribution in [3.05, 3.63) is 40.4 Å². The molecule has 0 aliphatic carbocycles. The van der Waals surface area contributed by atoms with Crippen LogP contribution in [0.1, 0.15) is 38.6 Å². The largest absolute Gasteiger partial charge is 0.307 e. The Morgan fingerprint density at radius 2 is 2.05 bits per heavy atom. The van der Waals surface area contributed by atoms with Gasteiger partial charge >= 0.3 is 0 Å². The van der Waals surface area contributed by atoms with E-state index in [0.29, 0.717) is 5.39 Å². The number of benzene rings is 1. The van der Waals surface area contributed by atoms with E-state index < -0.39 is 0 Å². The molecular formula is C15H21N3O. The molecule has 0 radical (unpaired) electrons. The molecule has 2 aromatic rings. The van der Waals surface area contributed by atoms with E-state index in [-0.39, 0.29) is 11.6 Å². The lowest BCUT2D eigenvalue weighted by Crippen LogP contribution is -2.30. The van der Waals surface area contributed by atoms with Crippen molar-refractivity contribution >= 4 is 10.9 Å². The van der Waals surface area contributed by atoms with Gasteiger partial charge in [0.15, 0.2) is 0 Å². The van der Waals surface area contributed by atoms with Crippen LogP contribution in [0.3, 0.4) is 0 Å². The molecular weight excluding hydrogens is 238 g/mol. The molecule has 1 aromatic carbocycles. The highest BCUT2D eigenvalue weighted by molar-refractivity contribution is 5.77. The van der Waals surface area contributed by atoms with Gasteiger partial charge in [-0.1, -0.05) is 26.0 Å². The van der Waals surface area contributed by atoms with Crippen LogP contribution >= 0.6 is 0 Å². The molecule has 0 saturated carbocycles. The van der Waals surface area contributed by atoms with Crippen LogP contribution in [0.15, 0.2) is 29.1 Å². The zero-order valence-corrected chi connectivity index (χ0v) is 11.8. The summed E-state index contributed by atoms with van der Waals surface area (Å²) in [5.74, 6) is 0.819. The van der Waals surface area contributed by atoms with Gasteiger partial charge in [0, 0.05) is 7.05 Å². The first-order valence-electron chi connectivity index (χ1n) is 6.88. The highest BCUT2D eigenvalue weighted by Gasteiger charge is 2.15. The Balaban J connectivity index is 2.53. The van der Waals surface area contributed by atoms with Crippen molar-refractivity contribution in [3.63, 3.8) is 0 Å². The SMILES string of the molecule is CCCNC(CC)c1nc2ccccc2c(=O)n1C. The number of hydrogen-bond acceptors (Lipinski definition) is 3. The number of fused-ring (bicyclic) bond motifs is 1. The summed E-state index contributed by atoms with van der Waals surface area (Å²) >= 11 is 0. The van der Waals surface area contributed by atoms with Gasteiger partial charge in [0.05, 0.1) is 16.9 Å². The fraction of sp³-hybridized carbons (Fsp3) is 0.467. The number of hydrogen-bond donors (Lipinski definition) is 1. The Hall–Kier alpha value is -1.68. The standard InChI is InChI=1S/C15H21N3O/c1-4-10-16-12(5-2)14-17-13-9-7-6-8-11(13)15(19)18(14)3/h6-9,12,16H,4-5,10H2,1-3H3. The molecule has 4 nitrogen and oxygen atoms in total. The van der Waals surface area contributed by atoms with E-state index in [4.69, 9.17) is 0 Å². The van der Waals surface area contributed by atoms with Crippen LogP contribution < -0.4 is 10.9 Å². The number of para-hydroxylation sites is 1. The minimum absolute atomic E-state index is 0.0253. The molecule has 1 heterocycles. The molecule has 0 spiro atoms. The van der Waals surface area contributed by atoms with Gasteiger partial charge in [0.2, 0.25) is 0 Å². The number of aromatic nitrogens is 2. The molecule has 0 bridgehead atoms. The molecule has 1 N–H and O–H groups in total. The Labute approximate surface area is 113 Å². The van der Waals surface area contributed by atoms with Gasteiger partial charge in [-0.15, -0.1) is 0 Å². The summed E-state index contributed by atoms with van der Waals surface area (Å²) < 4.78 is 1.67. The molecule has 1 unspecified atom stereocenters. The smallest absolute Gasteiger partial charge is 0.261 e. The van der Waals surface area contributed by atoms with Crippen LogP contribution in [0.4, 0.5) is 0 Å². The first-order chi connectivity index (χ1) is 9.19. The summed E-state index contributed by atoms with van der Waals surface area (Å²) in [5, 5.41) is 4.13. The molecule has 1 aromatic heterocycles. The van der Waals surface area contributed by atoms with Crippen LogP contribution in [0.2, 0.25) is 0 Å². The van der Waals surface area contributed by atoms with Crippen molar-refractivity contribution in [3.8, 4) is 0 Å². The lowest BCUT2D eigenvalue weighted by atomic mass is 10.1. The Bertz CT molecular complexity index is 618. The normalized spacial score (nSPS) is 12.8. The lowest BCUT2D eigenvalue weighted by Gasteiger charge is -2.19. The van der Waals surface area contributed by atoms with E-state index in [1.54, 1.807) is 11.6 Å². The maximum absolute atomic E-state index is 12.3. The Morgan fingerprint density at radius 3 is 2.74 bits per heavy atom. The monoisotopic (exact) mass is 259 g/mol. The molecule has 19 heavy (non-hydrogen) atoms. The summed E-state index contributed by atoms with van der Waals surface area (Å²) in [4.78, 5) is 17.0. The second-order valence-corrected chi connectivity index (χ2v) is 4.77. The van der Waals surface area contributed by atoms with Crippen molar-refractivity contribution < 1.29 is 0 Å². The molecule has 2 rings (SSSR count). The van der Waals surface area contributed by atoms with Gasteiger partial charge in [-0.3, -0.25) is 9.36 Å². The van der Waals surface area contributed by atoms with E-state index in [1.807, 2.05) is 24.3 Å². The van der Waals surface area contributed by atoms with Crippen molar-refractivity contribution in [2.45, 2.75) is 32.7 Å². The van der Waals surface area contributed by atoms with E-state index >= 15 is 0 Å². The zero-order valence-electron chi connectivity index (χ0n) is 11.8.